The molecular weight excluding hydrogens is 226 g/mol. The van der Waals surface area contributed by atoms with Gasteiger partial charge >= 0.3 is 0 Å². The van der Waals surface area contributed by atoms with Crippen LogP contribution in [-0.4, -0.2) is 19.3 Å². The second-order valence-electron chi connectivity index (χ2n) is 4.18. The van der Waals surface area contributed by atoms with Gasteiger partial charge in [-0.3, -0.25) is 0 Å². The average molecular weight is 242 g/mol. The van der Waals surface area contributed by atoms with E-state index in [1.54, 1.807) is 0 Å². The third kappa shape index (κ3) is 2.11. The number of hydrogen-bond donors (Lipinski definition) is 1. The van der Waals surface area contributed by atoms with Crippen molar-refractivity contribution in [2.75, 3.05) is 13.2 Å². The molecule has 1 atom stereocenters. The third-order valence-electron chi connectivity index (χ3n) is 2.66. The number of halogens is 1. The first-order valence-corrected chi connectivity index (χ1v) is 5.80. The predicted octanol–water partition coefficient (Wildman–Crippen LogP) is 2.31. The number of benzene rings is 1. The van der Waals surface area contributed by atoms with Crippen LogP contribution in [0.25, 0.3) is 0 Å². The number of nitrogens with two attached hydrogens (primary N) is 1. The molecule has 1 unspecified atom stereocenters. The second-order valence-corrected chi connectivity index (χ2v) is 4.59. The first-order chi connectivity index (χ1) is 7.59. The Morgan fingerprint density at radius 1 is 1.38 bits per heavy atom. The molecule has 0 aromatic heterocycles. The van der Waals surface area contributed by atoms with Gasteiger partial charge in [-0.25, -0.2) is 0 Å². The lowest BCUT2D eigenvalue weighted by atomic mass is 10.0. The van der Waals surface area contributed by atoms with Crippen molar-refractivity contribution in [2.24, 2.45) is 5.73 Å². The minimum Gasteiger partial charge on any atom is -0.486 e. The van der Waals surface area contributed by atoms with Crippen molar-refractivity contribution in [2.45, 2.75) is 26.3 Å². The van der Waals surface area contributed by atoms with Gasteiger partial charge in [0.15, 0.2) is 11.5 Å². The highest BCUT2D eigenvalue weighted by atomic mass is 35.5. The van der Waals surface area contributed by atoms with Crippen LogP contribution in [-0.2, 0) is 6.42 Å². The zero-order valence-corrected chi connectivity index (χ0v) is 10.3. The highest BCUT2D eigenvalue weighted by Crippen LogP contribution is 2.41. The van der Waals surface area contributed by atoms with Crippen molar-refractivity contribution in [3.05, 3.63) is 22.2 Å². The molecule has 16 heavy (non-hydrogen) atoms. The molecule has 4 heteroatoms. The summed E-state index contributed by atoms with van der Waals surface area (Å²) in [5.74, 6) is 1.44. The maximum Gasteiger partial charge on any atom is 0.180 e. The molecular formula is C12H16ClNO2. The van der Waals surface area contributed by atoms with E-state index in [0.717, 1.165) is 23.3 Å². The van der Waals surface area contributed by atoms with Gasteiger partial charge < -0.3 is 15.2 Å². The first kappa shape index (κ1) is 11.6. The van der Waals surface area contributed by atoms with Crippen LogP contribution >= 0.6 is 11.6 Å². The Balaban J connectivity index is 2.45. The van der Waals surface area contributed by atoms with Crippen molar-refractivity contribution in [3.63, 3.8) is 0 Å². The van der Waals surface area contributed by atoms with Crippen LogP contribution in [0.3, 0.4) is 0 Å². The molecule has 0 fully saturated rings. The molecule has 3 nitrogen and oxygen atoms in total. The molecule has 1 aliphatic rings. The lowest BCUT2D eigenvalue weighted by Crippen LogP contribution is -2.20. The van der Waals surface area contributed by atoms with E-state index in [1.807, 2.05) is 19.9 Å². The van der Waals surface area contributed by atoms with E-state index in [0.29, 0.717) is 24.0 Å². The lowest BCUT2D eigenvalue weighted by molar-refractivity contribution is 0.170. The van der Waals surface area contributed by atoms with E-state index < -0.39 is 0 Å². The normalized spacial score (nSPS) is 16.0. The first-order valence-electron chi connectivity index (χ1n) is 5.42. The molecule has 0 bridgehead atoms. The van der Waals surface area contributed by atoms with Crippen LogP contribution in [0.4, 0.5) is 0 Å². The molecule has 1 heterocycles. The van der Waals surface area contributed by atoms with Crippen molar-refractivity contribution >= 4 is 11.6 Å². The van der Waals surface area contributed by atoms with Gasteiger partial charge in [-0.05, 0) is 37.5 Å². The summed E-state index contributed by atoms with van der Waals surface area (Å²) in [5.41, 5.74) is 8.01. The highest BCUT2D eigenvalue weighted by molar-refractivity contribution is 6.32. The molecule has 88 valence electrons. The van der Waals surface area contributed by atoms with Gasteiger partial charge in [0.2, 0.25) is 0 Å². The molecule has 2 rings (SSSR count). The summed E-state index contributed by atoms with van der Waals surface area (Å²) in [5, 5.41) is 0.607. The summed E-state index contributed by atoms with van der Waals surface area (Å²) >= 11 is 6.16. The summed E-state index contributed by atoms with van der Waals surface area (Å²) in [6.07, 6.45) is 0.794. The quantitative estimate of drug-likeness (QED) is 0.864. The average Bonchev–Trinajstić information content (AvgIpc) is 2.25. The van der Waals surface area contributed by atoms with Gasteiger partial charge in [0.25, 0.3) is 0 Å². The third-order valence-corrected chi connectivity index (χ3v) is 2.95. The topological polar surface area (TPSA) is 44.5 Å². The summed E-state index contributed by atoms with van der Waals surface area (Å²) in [6.45, 7) is 5.12. The predicted molar refractivity (Wildman–Crippen MR) is 64.5 cm³/mol. The minimum atomic E-state index is 0.109. The fourth-order valence-electron chi connectivity index (χ4n) is 1.91. The fourth-order valence-corrected chi connectivity index (χ4v) is 2.18. The molecule has 0 amide bonds. The molecule has 0 spiro atoms. The van der Waals surface area contributed by atoms with Crippen LogP contribution < -0.4 is 15.2 Å². The van der Waals surface area contributed by atoms with Gasteiger partial charge in [0, 0.05) is 6.04 Å². The molecule has 0 saturated carbocycles. The molecule has 1 aromatic rings. The standard InChI is InChI=1S/C12H16ClNO2/c1-7(14)5-9-6-10(13)12-11(8(9)2)15-3-4-16-12/h6-7H,3-5,14H2,1-2H3. The maximum absolute atomic E-state index is 6.16. The maximum atomic E-state index is 6.16. The summed E-state index contributed by atoms with van der Waals surface area (Å²) in [6, 6.07) is 2.03. The van der Waals surface area contributed by atoms with Crippen molar-refractivity contribution in [1.29, 1.82) is 0 Å². The smallest absolute Gasteiger partial charge is 0.180 e. The van der Waals surface area contributed by atoms with E-state index in [9.17, 15) is 0 Å². The Morgan fingerprint density at radius 2 is 2.00 bits per heavy atom. The van der Waals surface area contributed by atoms with Crippen LogP contribution in [0.1, 0.15) is 18.1 Å². The number of hydrogen-bond acceptors (Lipinski definition) is 3. The van der Waals surface area contributed by atoms with Crippen molar-refractivity contribution < 1.29 is 9.47 Å². The molecule has 0 radical (unpaired) electrons. The number of fused-ring (bicyclic) bond motifs is 1. The van der Waals surface area contributed by atoms with E-state index >= 15 is 0 Å². The Morgan fingerprint density at radius 3 is 2.62 bits per heavy atom. The van der Waals surface area contributed by atoms with E-state index in [-0.39, 0.29) is 6.04 Å². The Bertz CT molecular complexity index is 404. The van der Waals surface area contributed by atoms with Crippen LogP contribution in [0.15, 0.2) is 6.07 Å². The molecule has 0 aliphatic carbocycles. The van der Waals surface area contributed by atoms with Crippen LogP contribution in [0, 0.1) is 6.92 Å². The Labute approximate surface area is 100 Å². The molecule has 1 aliphatic heterocycles. The zero-order valence-electron chi connectivity index (χ0n) is 9.55. The van der Waals surface area contributed by atoms with Gasteiger partial charge in [0.1, 0.15) is 13.2 Å². The largest absolute Gasteiger partial charge is 0.486 e. The number of rotatable bonds is 2. The van der Waals surface area contributed by atoms with Crippen molar-refractivity contribution in [3.8, 4) is 11.5 Å². The summed E-state index contributed by atoms with van der Waals surface area (Å²) in [7, 11) is 0. The van der Waals surface area contributed by atoms with E-state index in [1.165, 1.54) is 0 Å². The van der Waals surface area contributed by atoms with Crippen LogP contribution in [0.2, 0.25) is 5.02 Å². The number of ether oxygens (including phenoxy) is 2. The van der Waals surface area contributed by atoms with Gasteiger partial charge in [-0.2, -0.15) is 0 Å². The fraction of sp³-hybridized carbons (Fsp3) is 0.500. The SMILES string of the molecule is Cc1c(CC(C)N)cc(Cl)c2c1OCCO2. The Kier molecular flexibility index (Phi) is 3.26. The van der Waals surface area contributed by atoms with Crippen molar-refractivity contribution in [1.82, 2.24) is 0 Å². The molecule has 1 aromatic carbocycles. The van der Waals surface area contributed by atoms with Gasteiger partial charge in [0.05, 0.1) is 5.02 Å². The second kappa shape index (κ2) is 4.52. The molecule has 2 N–H and O–H groups in total. The highest BCUT2D eigenvalue weighted by Gasteiger charge is 2.20. The van der Waals surface area contributed by atoms with Gasteiger partial charge in [-0.1, -0.05) is 11.6 Å². The minimum absolute atomic E-state index is 0.109. The van der Waals surface area contributed by atoms with E-state index in [4.69, 9.17) is 26.8 Å². The molecule has 0 saturated heterocycles. The summed E-state index contributed by atoms with van der Waals surface area (Å²) < 4.78 is 11.1. The van der Waals surface area contributed by atoms with Crippen LogP contribution in [0.5, 0.6) is 11.5 Å². The summed E-state index contributed by atoms with van der Waals surface area (Å²) in [4.78, 5) is 0. The lowest BCUT2D eigenvalue weighted by Gasteiger charge is -2.23. The Hall–Kier alpha value is -0.930. The van der Waals surface area contributed by atoms with Gasteiger partial charge in [-0.15, -0.1) is 0 Å². The zero-order chi connectivity index (χ0) is 11.7. The van der Waals surface area contributed by atoms with E-state index in [2.05, 4.69) is 0 Å². The monoisotopic (exact) mass is 241 g/mol.